The van der Waals surface area contributed by atoms with Crippen LogP contribution in [0.3, 0.4) is 0 Å². The highest BCUT2D eigenvalue weighted by Crippen LogP contribution is 2.29. The van der Waals surface area contributed by atoms with Crippen LogP contribution < -0.4 is 0 Å². The quantitative estimate of drug-likeness (QED) is 0.635. The molecule has 0 spiro atoms. The summed E-state index contributed by atoms with van der Waals surface area (Å²) in [6.07, 6.45) is 2.88. The van der Waals surface area contributed by atoms with E-state index in [0.717, 1.165) is 12.8 Å². The number of sulfonamides is 1. The highest BCUT2D eigenvalue weighted by Gasteiger charge is 2.34. The van der Waals surface area contributed by atoms with E-state index in [9.17, 15) is 13.2 Å². The molecular weight excluding hydrogens is 288 g/mol. The molecule has 0 aliphatic carbocycles. The fourth-order valence-electron chi connectivity index (χ4n) is 2.14. The van der Waals surface area contributed by atoms with Crippen molar-refractivity contribution in [3.8, 4) is 0 Å². The van der Waals surface area contributed by atoms with Crippen LogP contribution >= 0.6 is 11.6 Å². The molecule has 1 unspecified atom stereocenters. The van der Waals surface area contributed by atoms with E-state index >= 15 is 0 Å². The van der Waals surface area contributed by atoms with Gasteiger partial charge in [0.1, 0.15) is 11.1 Å². The first-order valence-corrected chi connectivity index (χ1v) is 7.72. The molecule has 102 valence electrons. The van der Waals surface area contributed by atoms with E-state index in [4.69, 9.17) is 11.6 Å². The summed E-state index contributed by atoms with van der Waals surface area (Å²) in [4.78, 5) is 14.0. The summed E-state index contributed by atoms with van der Waals surface area (Å²) >= 11 is 5.94. The lowest BCUT2D eigenvalue weighted by molar-refractivity contribution is 0.259. The van der Waals surface area contributed by atoms with Crippen molar-refractivity contribution in [2.24, 2.45) is 4.99 Å². The highest BCUT2D eigenvalue weighted by atomic mass is 35.5. The second-order valence-electron chi connectivity index (χ2n) is 4.24. The van der Waals surface area contributed by atoms with Gasteiger partial charge in [-0.3, -0.25) is 0 Å². The highest BCUT2D eigenvalue weighted by molar-refractivity contribution is 7.89. The topological polar surface area (TPSA) is 66.8 Å². The van der Waals surface area contributed by atoms with Crippen molar-refractivity contribution in [2.45, 2.75) is 30.3 Å². The Labute approximate surface area is 116 Å². The van der Waals surface area contributed by atoms with Crippen LogP contribution in [-0.2, 0) is 14.8 Å². The zero-order chi connectivity index (χ0) is 13.9. The predicted octanol–water partition coefficient (Wildman–Crippen LogP) is 2.18. The third kappa shape index (κ3) is 2.87. The molecule has 0 bridgehead atoms. The Balaban J connectivity index is 2.43. The molecule has 19 heavy (non-hydrogen) atoms. The van der Waals surface area contributed by atoms with Gasteiger partial charge in [0, 0.05) is 6.54 Å². The molecular formula is C12H13ClN2O3S. The third-order valence-corrected chi connectivity index (χ3v) is 5.45. The molecule has 1 heterocycles. The Morgan fingerprint density at radius 1 is 1.32 bits per heavy atom. The minimum atomic E-state index is -3.74. The number of halogens is 1. The van der Waals surface area contributed by atoms with Crippen LogP contribution in [0, 0.1) is 0 Å². The monoisotopic (exact) mass is 300 g/mol. The van der Waals surface area contributed by atoms with E-state index in [1.165, 1.54) is 22.5 Å². The maximum absolute atomic E-state index is 12.5. The molecule has 2 rings (SSSR count). The van der Waals surface area contributed by atoms with Crippen molar-refractivity contribution in [3.05, 3.63) is 29.3 Å². The van der Waals surface area contributed by atoms with E-state index in [2.05, 4.69) is 4.99 Å². The van der Waals surface area contributed by atoms with Crippen LogP contribution in [0.4, 0.5) is 0 Å². The fraction of sp³-hybridized carbons (Fsp3) is 0.417. The zero-order valence-electron chi connectivity index (χ0n) is 10.1. The van der Waals surface area contributed by atoms with Crippen molar-refractivity contribution >= 4 is 27.7 Å². The summed E-state index contributed by atoms with van der Waals surface area (Å²) in [6.45, 7) is 0.337. The molecule has 0 N–H and O–H groups in total. The standard InChI is InChI=1S/C12H13ClN2O3S/c13-10-5-1-2-6-11(10)19(17,18)15-8-4-3-7-12(15)14-9-16/h1-2,5-6,12H,3-4,7-8H2. The van der Waals surface area contributed by atoms with Crippen LogP contribution in [0.1, 0.15) is 19.3 Å². The first-order valence-electron chi connectivity index (χ1n) is 5.90. The number of aliphatic imine (C=N–C) groups is 1. The van der Waals surface area contributed by atoms with Crippen LogP contribution in [-0.4, -0.2) is 31.5 Å². The fourth-order valence-corrected chi connectivity index (χ4v) is 4.23. The number of hydrogen-bond acceptors (Lipinski definition) is 4. The van der Waals surface area contributed by atoms with Gasteiger partial charge in [-0.1, -0.05) is 23.7 Å². The van der Waals surface area contributed by atoms with Crippen molar-refractivity contribution in [1.82, 2.24) is 4.31 Å². The summed E-state index contributed by atoms with van der Waals surface area (Å²) in [5.41, 5.74) is 0. The molecule has 1 fully saturated rings. The minimum absolute atomic E-state index is 0.0460. The van der Waals surface area contributed by atoms with E-state index < -0.39 is 16.2 Å². The average Bonchev–Trinajstić information content (AvgIpc) is 2.40. The Kier molecular flexibility index (Phi) is 4.37. The lowest BCUT2D eigenvalue weighted by atomic mass is 10.1. The Hall–Kier alpha value is -1.20. The second kappa shape index (κ2) is 5.84. The molecule has 1 aromatic carbocycles. The van der Waals surface area contributed by atoms with Gasteiger partial charge in [-0.2, -0.15) is 9.30 Å². The molecule has 0 aromatic heterocycles. The molecule has 0 saturated carbocycles. The summed E-state index contributed by atoms with van der Waals surface area (Å²) in [6, 6.07) is 6.25. The van der Waals surface area contributed by atoms with Crippen LogP contribution in [0.2, 0.25) is 5.02 Å². The van der Waals surface area contributed by atoms with Gasteiger partial charge < -0.3 is 0 Å². The number of rotatable bonds is 3. The van der Waals surface area contributed by atoms with Gasteiger partial charge in [0.2, 0.25) is 16.1 Å². The van der Waals surface area contributed by atoms with Gasteiger partial charge in [-0.25, -0.2) is 13.2 Å². The van der Waals surface area contributed by atoms with Crippen LogP contribution in [0.15, 0.2) is 34.2 Å². The first kappa shape index (κ1) is 14.2. The van der Waals surface area contributed by atoms with Crippen LogP contribution in [0.5, 0.6) is 0 Å². The molecule has 1 aromatic rings. The summed E-state index contributed by atoms with van der Waals surface area (Å²) in [5, 5.41) is 0.168. The average molecular weight is 301 g/mol. The molecule has 1 saturated heterocycles. The molecule has 1 atom stereocenters. The van der Waals surface area contributed by atoms with Gasteiger partial charge in [0.15, 0.2) is 0 Å². The van der Waals surface area contributed by atoms with Crippen LogP contribution in [0.25, 0.3) is 0 Å². The minimum Gasteiger partial charge on any atom is -0.211 e. The SMILES string of the molecule is O=C=NC1CCCCN1S(=O)(=O)c1ccccc1Cl. The first-order chi connectivity index (χ1) is 9.07. The normalized spacial score (nSPS) is 20.8. The Morgan fingerprint density at radius 3 is 2.74 bits per heavy atom. The van der Waals surface area contributed by atoms with Crippen molar-refractivity contribution in [2.75, 3.05) is 6.54 Å². The number of nitrogens with zero attached hydrogens (tertiary/aromatic N) is 2. The molecule has 1 aliphatic rings. The zero-order valence-corrected chi connectivity index (χ0v) is 11.7. The van der Waals surface area contributed by atoms with Crippen molar-refractivity contribution in [3.63, 3.8) is 0 Å². The van der Waals surface area contributed by atoms with Gasteiger partial charge >= 0.3 is 0 Å². The number of hydrogen-bond donors (Lipinski definition) is 0. The lowest BCUT2D eigenvalue weighted by Gasteiger charge is -2.31. The summed E-state index contributed by atoms with van der Waals surface area (Å²) < 4.78 is 26.3. The van der Waals surface area contributed by atoms with E-state index in [0.29, 0.717) is 13.0 Å². The number of piperidine rings is 1. The number of benzene rings is 1. The van der Waals surface area contributed by atoms with Gasteiger partial charge in [0.05, 0.1) is 5.02 Å². The molecule has 7 heteroatoms. The molecule has 5 nitrogen and oxygen atoms in total. The lowest BCUT2D eigenvalue weighted by Crippen LogP contribution is -2.42. The number of carbonyl (C=O) groups excluding carboxylic acids is 1. The summed E-state index contributed by atoms with van der Waals surface area (Å²) in [5.74, 6) is 0. The predicted molar refractivity (Wildman–Crippen MR) is 71.1 cm³/mol. The van der Waals surface area contributed by atoms with E-state index in [-0.39, 0.29) is 9.92 Å². The third-order valence-electron chi connectivity index (χ3n) is 3.05. The molecule has 0 amide bonds. The van der Waals surface area contributed by atoms with Gasteiger partial charge in [-0.15, -0.1) is 0 Å². The smallest absolute Gasteiger partial charge is 0.211 e. The maximum atomic E-state index is 12.5. The maximum Gasteiger partial charge on any atom is 0.246 e. The Morgan fingerprint density at radius 2 is 2.05 bits per heavy atom. The Bertz CT molecular complexity index is 611. The molecule has 0 radical (unpaired) electrons. The largest absolute Gasteiger partial charge is 0.246 e. The van der Waals surface area contributed by atoms with Gasteiger partial charge in [0.25, 0.3) is 0 Å². The molecule has 1 aliphatic heterocycles. The second-order valence-corrected chi connectivity index (χ2v) is 6.51. The van der Waals surface area contributed by atoms with Gasteiger partial charge in [-0.05, 0) is 31.4 Å². The number of isocyanates is 1. The summed E-state index contributed by atoms with van der Waals surface area (Å²) in [7, 11) is -3.74. The van der Waals surface area contributed by atoms with E-state index in [1.54, 1.807) is 12.1 Å². The van der Waals surface area contributed by atoms with Crippen molar-refractivity contribution < 1.29 is 13.2 Å². The van der Waals surface area contributed by atoms with Crippen molar-refractivity contribution in [1.29, 1.82) is 0 Å². The van der Waals surface area contributed by atoms with E-state index in [1.807, 2.05) is 0 Å².